The number of carbonyl (C=O) groups is 1. The first-order chi connectivity index (χ1) is 11.3. The number of hydrogen-bond donors (Lipinski definition) is 1. The van der Waals surface area contributed by atoms with E-state index in [0.717, 1.165) is 31.9 Å². The molecule has 2 aromatic rings. The standard InChI is InChI=1S/C18H21N3OS/c1-23-17-9-7-15(8-10-17)19-18(22)21-13-11-20(12-14-21)16-5-3-2-4-6-16/h2-10H,11-14H2,1H3,(H,19,22). The van der Waals surface area contributed by atoms with E-state index in [0.29, 0.717) is 0 Å². The van der Waals surface area contributed by atoms with E-state index < -0.39 is 0 Å². The summed E-state index contributed by atoms with van der Waals surface area (Å²) in [7, 11) is 0. The number of amides is 2. The maximum atomic E-state index is 12.4. The number of rotatable bonds is 3. The van der Waals surface area contributed by atoms with Crippen LogP contribution in [0.3, 0.4) is 0 Å². The molecule has 0 unspecified atom stereocenters. The highest BCUT2D eigenvalue weighted by Gasteiger charge is 2.21. The van der Waals surface area contributed by atoms with E-state index in [2.05, 4.69) is 22.3 Å². The Hall–Kier alpha value is -2.14. The smallest absolute Gasteiger partial charge is 0.321 e. The largest absolute Gasteiger partial charge is 0.368 e. The number of urea groups is 1. The summed E-state index contributed by atoms with van der Waals surface area (Å²) in [5.41, 5.74) is 2.07. The number of hydrogen-bond acceptors (Lipinski definition) is 3. The van der Waals surface area contributed by atoms with Gasteiger partial charge < -0.3 is 15.1 Å². The third-order valence-corrected chi connectivity index (χ3v) is 4.77. The molecule has 1 aliphatic rings. The average molecular weight is 327 g/mol. The molecule has 1 heterocycles. The van der Waals surface area contributed by atoms with E-state index in [1.165, 1.54) is 10.6 Å². The number of benzene rings is 2. The van der Waals surface area contributed by atoms with Crippen molar-refractivity contribution < 1.29 is 4.79 Å². The van der Waals surface area contributed by atoms with Gasteiger partial charge in [0, 0.05) is 42.4 Å². The topological polar surface area (TPSA) is 35.6 Å². The van der Waals surface area contributed by atoms with Crippen molar-refractivity contribution in [2.75, 3.05) is 42.7 Å². The first kappa shape index (κ1) is 15.7. The Kier molecular flexibility index (Phi) is 5.08. The maximum Gasteiger partial charge on any atom is 0.321 e. The third kappa shape index (κ3) is 3.99. The van der Waals surface area contributed by atoms with Crippen LogP contribution in [0.15, 0.2) is 59.5 Å². The molecule has 120 valence electrons. The van der Waals surface area contributed by atoms with E-state index in [1.807, 2.05) is 53.6 Å². The van der Waals surface area contributed by atoms with Gasteiger partial charge >= 0.3 is 6.03 Å². The van der Waals surface area contributed by atoms with Gasteiger partial charge in [-0.3, -0.25) is 0 Å². The molecule has 1 aliphatic heterocycles. The Morgan fingerprint density at radius 3 is 2.22 bits per heavy atom. The van der Waals surface area contributed by atoms with Crippen molar-refractivity contribution >= 4 is 29.2 Å². The van der Waals surface area contributed by atoms with Crippen LogP contribution in [0.5, 0.6) is 0 Å². The van der Waals surface area contributed by atoms with Gasteiger partial charge in [0.1, 0.15) is 0 Å². The molecule has 0 saturated carbocycles. The fraction of sp³-hybridized carbons (Fsp3) is 0.278. The molecule has 2 aromatic carbocycles. The Morgan fingerprint density at radius 2 is 1.61 bits per heavy atom. The molecule has 1 saturated heterocycles. The normalized spacial score (nSPS) is 14.7. The Morgan fingerprint density at radius 1 is 0.957 bits per heavy atom. The number of nitrogens with zero attached hydrogens (tertiary/aromatic N) is 2. The van der Waals surface area contributed by atoms with Crippen LogP contribution in [-0.2, 0) is 0 Å². The molecule has 0 atom stereocenters. The summed E-state index contributed by atoms with van der Waals surface area (Å²) in [6.07, 6.45) is 2.04. The number of piperazine rings is 1. The fourth-order valence-electron chi connectivity index (χ4n) is 2.68. The fourth-order valence-corrected chi connectivity index (χ4v) is 3.09. The molecular formula is C18H21N3OS. The van der Waals surface area contributed by atoms with E-state index >= 15 is 0 Å². The number of thioether (sulfide) groups is 1. The number of nitrogens with one attached hydrogen (secondary N) is 1. The second-order valence-corrected chi connectivity index (χ2v) is 6.35. The van der Waals surface area contributed by atoms with Crippen molar-refractivity contribution in [2.24, 2.45) is 0 Å². The molecule has 1 fully saturated rings. The van der Waals surface area contributed by atoms with Gasteiger partial charge in [-0.2, -0.15) is 0 Å². The van der Waals surface area contributed by atoms with Crippen molar-refractivity contribution in [2.45, 2.75) is 4.90 Å². The quantitative estimate of drug-likeness (QED) is 0.872. The van der Waals surface area contributed by atoms with Crippen molar-refractivity contribution in [1.29, 1.82) is 0 Å². The van der Waals surface area contributed by atoms with Gasteiger partial charge in [-0.15, -0.1) is 11.8 Å². The molecule has 5 heteroatoms. The molecule has 1 N–H and O–H groups in total. The lowest BCUT2D eigenvalue weighted by atomic mass is 10.2. The maximum absolute atomic E-state index is 12.4. The second-order valence-electron chi connectivity index (χ2n) is 5.47. The lowest BCUT2D eigenvalue weighted by molar-refractivity contribution is 0.208. The molecule has 23 heavy (non-hydrogen) atoms. The van der Waals surface area contributed by atoms with Crippen LogP contribution in [0, 0.1) is 0 Å². The third-order valence-electron chi connectivity index (χ3n) is 4.03. The van der Waals surface area contributed by atoms with Crippen molar-refractivity contribution in [1.82, 2.24) is 4.90 Å². The highest BCUT2D eigenvalue weighted by molar-refractivity contribution is 7.98. The van der Waals surface area contributed by atoms with E-state index in [4.69, 9.17) is 0 Å². The molecule has 0 aromatic heterocycles. The molecule has 3 rings (SSSR count). The van der Waals surface area contributed by atoms with Gasteiger partial charge in [0.25, 0.3) is 0 Å². The second kappa shape index (κ2) is 7.42. The molecule has 0 spiro atoms. The van der Waals surface area contributed by atoms with Crippen molar-refractivity contribution in [3.63, 3.8) is 0 Å². The van der Waals surface area contributed by atoms with Gasteiger partial charge in [0.15, 0.2) is 0 Å². The Bertz CT molecular complexity index is 637. The zero-order valence-electron chi connectivity index (χ0n) is 13.2. The molecule has 4 nitrogen and oxygen atoms in total. The summed E-state index contributed by atoms with van der Waals surface area (Å²) < 4.78 is 0. The van der Waals surface area contributed by atoms with Crippen LogP contribution in [0.1, 0.15) is 0 Å². The van der Waals surface area contributed by atoms with Gasteiger partial charge in [-0.25, -0.2) is 4.79 Å². The summed E-state index contributed by atoms with van der Waals surface area (Å²) in [4.78, 5) is 17.7. The number of para-hydroxylation sites is 1. The SMILES string of the molecule is CSc1ccc(NC(=O)N2CCN(c3ccccc3)CC2)cc1. The van der Waals surface area contributed by atoms with Crippen LogP contribution < -0.4 is 10.2 Å². The summed E-state index contributed by atoms with van der Waals surface area (Å²) in [5.74, 6) is 0. The Labute approximate surface area is 141 Å². The van der Waals surface area contributed by atoms with E-state index in [-0.39, 0.29) is 6.03 Å². The van der Waals surface area contributed by atoms with Gasteiger partial charge in [-0.05, 0) is 42.7 Å². The van der Waals surface area contributed by atoms with Gasteiger partial charge in [0.2, 0.25) is 0 Å². The average Bonchev–Trinajstić information content (AvgIpc) is 2.63. The number of anilines is 2. The Balaban J connectivity index is 1.53. The zero-order chi connectivity index (χ0) is 16.1. The molecule has 0 bridgehead atoms. The molecule has 0 radical (unpaired) electrons. The molecule has 0 aliphatic carbocycles. The predicted octanol–water partition coefficient (Wildman–Crippen LogP) is 3.76. The molecule has 2 amide bonds. The highest BCUT2D eigenvalue weighted by atomic mass is 32.2. The highest BCUT2D eigenvalue weighted by Crippen LogP contribution is 2.19. The monoisotopic (exact) mass is 327 g/mol. The molecular weight excluding hydrogens is 306 g/mol. The lowest BCUT2D eigenvalue weighted by Crippen LogP contribution is -2.50. The van der Waals surface area contributed by atoms with E-state index in [1.54, 1.807) is 11.8 Å². The van der Waals surface area contributed by atoms with Crippen LogP contribution in [0.4, 0.5) is 16.2 Å². The summed E-state index contributed by atoms with van der Waals surface area (Å²) >= 11 is 1.69. The first-order valence-corrected chi connectivity index (χ1v) is 8.99. The zero-order valence-corrected chi connectivity index (χ0v) is 14.1. The predicted molar refractivity (Wildman–Crippen MR) is 97.5 cm³/mol. The summed E-state index contributed by atoms with van der Waals surface area (Å²) in [5, 5.41) is 2.98. The minimum absolute atomic E-state index is 0.0189. The summed E-state index contributed by atoms with van der Waals surface area (Å²) in [6, 6.07) is 18.3. The van der Waals surface area contributed by atoms with Crippen molar-refractivity contribution in [3.8, 4) is 0 Å². The minimum atomic E-state index is -0.0189. The van der Waals surface area contributed by atoms with Gasteiger partial charge in [-0.1, -0.05) is 18.2 Å². The summed E-state index contributed by atoms with van der Waals surface area (Å²) in [6.45, 7) is 3.21. The first-order valence-electron chi connectivity index (χ1n) is 7.76. The van der Waals surface area contributed by atoms with Gasteiger partial charge in [0.05, 0.1) is 0 Å². The number of carbonyl (C=O) groups excluding carboxylic acids is 1. The van der Waals surface area contributed by atoms with E-state index in [9.17, 15) is 4.79 Å². The van der Waals surface area contributed by atoms with Crippen LogP contribution in [0.2, 0.25) is 0 Å². The van der Waals surface area contributed by atoms with Crippen LogP contribution >= 0.6 is 11.8 Å². The minimum Gasteiger partial charge on any atom is -0.368 e. The lowest BCUT2D eigenvalue weighted by Gasteiger charge is -2.36. The van der Waals surface area contributed by atoms with Crippen molar-refractivity contribution in [3.05, 3.63) is 54.6 Å². The van der Waals surface area contributed by atoms with Crippen LogP contribution in [0.25, 0.3) is 0 Å². The van der Waals surface area contributed by atoms with Crippen LogP contribution in [-0.4, -0.2) is 43.4 Å².